The zero-order chi connectivity index (χ0) is 12.1. The third kappa shape index (κ3) is 1.77. The highest BCUT2D eigenvalue weighted by molar-refractivity contribution is 5.71. The Morgan fingerprint density at radius 2 is 2.06 bits per heavy atom. The Bertz CT molecular complexity index is 340. The fourth-order valence-electron chi connectivity index (χ4n) is 3.02. The number of hydrogen-bond acceptors (Lipinski definition) is 5. The van der Waals surface area contributed by atoms with Crippen molar-refractivity contribution in [1.29, 1.82) is 0 Å². The van der Waals surface area contributed by atoms with Crippen LogP contribution in [0.15, 0.2) is 0 Å². The largest absolute Gasteiger partial charge is 0.432 e. The van der Waals surface area contributed by atoms with Crippen molar-refractivity contribution in [1.82, 2.24) is 0 Å². The van der Waals surface area contributed by atoms with Crippen LogP contribution >= 0.6 is 0 Å². The van der Waals surface area contributed by atoms with Crippen LogP contribution in [-0.2, 0) is 24.0 Å². The van der Waals surface area contributed by atoms with Gasteiger partial charge < -0.3 is 9.47 Å². The van der Waals surface area contributed by atoms with Crippen LogP contribution in [-0.4, -0.2) is 23.6 Å². The minimum atomic E-state index is -0.866. The summed E-state index contributed by atoms with van der Waals surface area (Å²) in [5, 5.41) is 0. The summed E-state index contributed by atoms with van der Waals surface area (Å²) in [6, 6.07) is 0. The maximum atomic E-state index is 11.6. The molecular weight excluding hydrogens is 224 g/mol. The molecule has 5 heteroatoms. The van der Waals surface area contributed by atoms with Crippen molar-refractivity contribution >= 4 is 5.97 Å². The van der Waals surface area contributed by atoms with Gasteiger partial charge in [0.15, 0.2) is 11.4 Å². The van der Waals surface area contributed by atoms with E-state index in [4.69, 9.17) is 19.2 Å². The van der Waals surface area contributed by atoms with E-state index in [2.05, 4.69) is 0 Å². The smallest absolute Gasteiger partial charge is 0.308 e. The fraction of sp³-hybridized carbons (Fsp3) is 0.917. The van der Waals surface area contributed by atoms with Gasteiger partial charge in [-0.05, 0) is 26.7 Å². The Balaban J connectivity index is 1.90. The van der Waals surface area contributed by atoms with Crippen molar-refractivity contribution in [2.45, 2.75) is 63.6 Å². The van der Waals surface area contributed by atoms with E-state index in [1.165, 1.54) is 0 Å². The SMILES string of the molecule is CC1(C)OOC23CCCCC2CC(=O)OC3O1. The van der Waals surface area contributed by atoms with Gasteiger partial charge in [0, 0.05) is 5.92 Å². The van der Waals surface area contributed by atoms with Gasteiger partial charge in [-0.3, -0.25) is 4.79 Å². The molecule has 2 aliphatic heterocycles. The van der Waals surface area contributed by atoms with Crippen LogP contribution in [0, 0.1) is 5.92 Å². The van der Waals surface area contributed by atoms with Crippen LogP contribution in [0.5, 0.6) is 0 Å². The molecular formula is C12H18O5. The molecule has 2 heterocycles. The van der Waals surface area contributed by atoms with Crippen molar-refractivity contribution in [2.24, 2.45) is 5.92 Å². The van der Waals surface area contributed by atoms with Crippen molar-refractivity contribution in [3.63, 3.8) is 0 Å². The zero-order valence-electron chi connectivity index (χ0n) is 10.2. The summed E-state index contributed by atoms with van der Waals surface area (Å²) in [7, 11) is 0. The molecule has 0 N–H and O–H groups in total. The second-order valence-corrected chi connectivity index (χ2v) is 5.61. The molecule has 3 fully saturated rings. The fourth-order valence-corrected chi connectivity index (χ4v) is 3.02. The highest BCUT2D eigenvalue weighted by Gasteiger charge is 2.60. The molecule has 1 saturated carbocycles. The quantitative estimate of drug-likeness (QED) is 0.479. The molecule has 0 aromatic heterocycles. The van der Waals surface area contributed by atoms with E-state index < -0.39 is 17.7 Å². The lowest BCUT2D eigenvalue weighted by atomic mass is 9.72. The molecule has 3 aliphatic rings. The normalized spacial score (nSPS) is 44.5. The van der Waals surface area contributed by atoms with Gasteiger partial charge in [-0.2, -0.15) is 0 Å². The maximum absolute atomic E-state index is 11.6. The van der Waals surface area contributed by atoms with Crippen molar-refractivity contribution in [3.8, 4) is 0 Å². The Morgan fingerprint density at radius 1 is 1.24 bits per heavy atom. The van der Waals surface area contributed by atoms with E-state index in [-0.39, 0.29) is 11.9 Å². The van der Waals surface area contributed by atoms with E-state index >= 15 is 0 Å². The lowest BCUT2D eigenvalue weighted by Crippen LogP contribution is -2.64. The van der Waals surface area contributed by atoms with Gasteiger partial charge in [0.05, 0.1) is 6.42 Å². The number of carbonyl (C=O) groups is 1. The predicted molar refractivity (Wildman–Crippen MR) is 56.5 cm³/mol. The zero-order valence-corrected chi connectivity index (χ0v) is 10.2. The number of carbonyl (C=O) groups excluding carboxylic acids is 1. The molecule has 96 valence electrons. The standard InChI is InChI=1S/C12H18O5/c1-11(2)15-10-12(17-16-11)6-4-3-5-8(12)7-9(13)14-10/h8,10H,3-7H2,1-2H3. The number of ether oxygens (including phenoxy) is 2. The van der Waals surface area contributed by atoms with Gasteiger partial charge in [0.1, 0.15) is 0 Å². The van der Waals surface area contributed by atoms with E-state index in [1.807, 2.05) is 0 Å². The van der Waals surface area contributed by atoms with Gasteiger partial charge in [-0.1, -0.05) is 12.8 Å². The summed E-state index contributed by atoms with van der Waals surface area (Å²) in [6.07, 6.45) is 3.75. The molecule has 3 atom stereocenters. The van der Waals surface area contributed by atoms with Crippen molar-refractivity contribution < 1.29 is 24.0 Å². The average Bonchev–Trinajstić information content (AvgIpc) is 2.26. The first-order chi connectivity index (χ1) is 8.02. The van der Waals surface area contributed by atoms with E-state index in [1.54, 1.807) is 13.8 Å². The minimum Gasteiger partial charge on any atom is -0.432 e. The molecule has 0 aromatic rings. The first-order valence-electron chi connectivity index (χ1n) is 6.26. The minimum absolute atomic E-state index is 0.151. The van der Waals surface area contributed by atoms with Crippen molar-refractivity contribution in [2.75, 3.05) is 0 Å². The van der Waals surface area contributed by atoms with Gasteiger partial charge in [0.25, 0.3) is 0 Å². The maximum Gasteiger partial charge on any atom is 0.308 e. The van der Waals surface area contributed by atoms with Gasteiger partial charge >= 0.3 is 5.97 Å². The summed E-state index contributed by atoms with van der Waals surface area (Å²) in [5.74, 6) is -0.910. The number of rotatable bonds is 0. The van der Waals surface area contributed by atoms with Gasteiger partial charge in [0.2, 0.25) is 6.29 Å². The Hall–Kier alpha value is -0.650. The van der Waals surface area contributed by atoms with Crippen LogP contribution < -0.4 is 0 Å². The third-order valence-electron chi connectivity index (χ3n) is 3.90. The summed E-state index contributed by atoms with van der Waals surface area (Å²) >= 11 is 0. The molecule has 0 radical (unpaired) electrons. The lowest BCUT2D eigenvalue weighted by Gasteiger charge is -2.53. The topological polar surface area (TPSA) is 54.0 Å². The summed E-state index contributed by atoms with van der Waals surface area (Å²) in [4.78, 5) is 22.5. The van der Waals surface area contributed by atoms with Crippen LogP contribution in [0.4, 0.5) is 0 Å². The summed E-state index contributed by atoms with van der Waals surface area (Å²) in [5.41, 5.74) is -0.582. The molecule has 3 unspecified atom stereocenters. The molecule has 2 saturated heterocycles. The molecule has 0 bridgehead atoms. The highest BCUT2D eigenvalue weighted by atomic mass is 17.3. The lowest BCUT2D eigenvalue weighted by molar-refractivity contribution is -0.554. The number of esters is 1. The van der Waals surface area contributed by atoms with E-state index in [0.29, 0.717) is 6.42 Å². The summed E-state index contributed by atoms with van der Waals surface area (Å²) < 4.78 is 11.0. The van der Waals surface area contributed by atoms with Gasteiger partial charge in [-0.15, -0.1) is 0 Å². The Kier molecular flexibility index (Phi) is 2.47. The average molecular weight is 242 g/mol. The molecule has 0 amide bonds. The first-order valence-corrected chi connectivity index (χ1v) is 6.26. The van der Waals surface area contributed by atoms with E-state index in [0.717, 1.165) is 25.7 Å². The van der Waals surface area contributed by atoms with Crippen molar-refractivity contribution in [3.05, 3.63) is 0 Å². The molecule has 0 aromatic carbocycles. The third-order valence-corrected chi connectivity index (χ3v) is 3.90. The molecule has 17 heavy (non-hydrogen) atoms. The first kappa shape index (κ1) is 11.4. The van der Waals surface area contributed by atoms with Crippen LogP contribution in [0.25, 0.3) is 0 Å². The number of hydrogen-bond donors (Lipinski definition) is 0. The Morgan fingerprint density at radius 3 is 2.88 bits per heavy atom. The van der Waals surface area contributed by atoms with E-state index in [9.17, 15) is 4.79 Å². The molecule has 1 aliphatic carbocycles. The second kappa shape index (κ2) is 3.67. The van der Waals surface area contributed by atoms with Crippen LogP contribution in [0.1, 0.15) is 46.0 Å². The van der Waals surface area contributed by atoms with Crippen LogP contribution in [0.3, 0.4) is 0 Å². The second-order valence-electron chi connectivity index (χ2n) is 5.61. The van der Waals surface area contributed by atoms with Gasteiger partial charge in [-0.25, -0.2) is 9.78 Å². The molecule has 5 nitrogen and oxygen atoms in total. The molecule has 1 spiro atoms. The molecule has 3 rings (SSSR count). The predicted octanol–water partition coefficient (Wildman–Crippen LogP) is 1.90. The van der Waals surface area contributed by atoms with Crippen LogP contribution in [0.2, 0.25) is 0 Å². The Labute approximate surface area is 100 Å². The monoisotopic (exact) mass is 242 g/mol. The summed E-state index contributed by atoms with van der Waals surface area (Å²) in [6.45, 7) is 3.50. The highest BCUT2D eigenvalue weighted by Crippen LogP contribution is 2.49.